The van der Waals surface area contributed by atoms with E-state index >= 15 is 0 Å². The predicted octanol–water partition coefficient (Wildman–Crippen LogP) is 2.27. The van der Waals surface area contributed by atoms with Crippen LogP contribution in [0.4, 0.5) is 5.95 Å². The van der Waals surface area contributed by atoms with Gasteiger partial charge in [0.2, 0.25) is 5.95 Å². The SMILES string of the molecule is Cn1nc(-c2ccc(Cl)cc2)c2cnc(N)nc21. The molecule has 0 atom stereocenters. The van der Waals surface area contributed by atoms with Gasteiger partial charge >= 0.3 is 0 Å². The summed E-state index contributed by atoms with van der Waals surface area (Å²) >= 11 is 5.88. The molecule has 0 radical (unpaired) electrons. The van der Waals surface area contributed by atoms with Gasteiger partial charge in [0.05, 0.1) is 5.39 Å². The van der Waals surface area contributed by atoms with Crippen molar-refractivity contribution < 1.29 is 0 Å². The summed E-state index contributed by atoms with van der Waals surface area (Å²) in [5.74, 6) is 0.244. The number of halogens is 1. The first-order valence-corrected chi connectivity index (χ1v) is 5.74. The van der Waals surface area contributed by atoms with Crippen molar-refractivity contribution in [1.29, 1.82) is 0 Å². The van der Waals surface area contributed by atoms with Gasteiger partial charge in [0.1, 0.15) is 5.69 Å². The first kappa shape index (κ1) is 11.0. The average Bonchev–Trinajstić information content (AvgIpc) is 2.68. The van der Waals surface area contributed by atoms with Crippen LogP contribution in [0.3, 0.4) is 0 Å². The molecule has 0 saturated carbocycles. The number of rotatable bonds is 1. The standard InChI is InChI=1S/C12H10ClN5/c1-18-11-9(6-15-12(14)16-11)10(17-18)7-2-4-8(13)5-3-7/h2-6H,1H3,(H2,14,15,16). The van der Waals surface area contributed by atoms with Crippen LogP contribution >= 0.6 is 11.6 Å². The first-order valence-electron chi connectivity index (χ1n) is 5.36. The number of aryl methyl sites for hydroxylation is 1. The molecule has 0 unspecified atom stereocenters. The third-order valence-electron chi connectivity index (χ3n) is 2.72. The van der Waals surface area contributed by atoms with E-state index in [4.69, 9.17) is 17.3 Å². The maximum absolute atomic E-state index is 5.88. The molecule has 0 aliphatic carbocycles. The lowest BCUT2D eigenvalue weighted by Crippen LogP contribution is -1.97. The summed E-state index contributed by atoms with van der Waals surface area (Å²) in [6.07, 6.45) is 1.69. The number of fused-ring (bicyclic) bond motifs is 1. The van der Waals surface area contributed by atoms with E-state index in [2.05, 4.69) is 15.1 Å². The van der Waals surface area contributed by atoms with Crippen molar-refractivity contribution in [1.82, 2.24) is 19.7 Å². The van der Waals surface area contributed by atoms with E-state index in [0.29, 0.717) is 10.7 Å². The largest absolute Gasteiger partial charge is 0.368 e. The first-order chi connectivity index (χ1) is 8.65. The molecule has 0 saturated heterocycles. The number of anilines is 1. The van der Waals surface area contributed by atoms with E-state index in [0.717, 1.165) is 16.6 Å². The number of benzene rings is 1. The van der Waals surface area contributed by atoms with Crippen molar-refractivity contribution in [2.24, 2.45) is 7.05 Å². The minimum absolute atomic E-state index is 0.244. The Labute approximate surface area is 108 Å². The number of hydrogen-bond acceptors (Lipinski definition) is 4. The Kier molecular flexibility index (Phi) is 2.41. The zero-order valence-corrected chi connectivity index (χ0v) is 10.4. The second-order valence-electron chi connectivity index (χ2n) is 3.94. The van der Waals surface area contributed by atoms with Crippen LogP contribution in [0.5, 0.6) is 0 Å². The molecule has 0 spiro atoms. The molecule has 2 aromatic heterocycles. The van der Waals surface area contributed by atoms with Crippen LogP contribution in [-0.4, -0.2) is 19.7 Å². The summed E-state index contributed by atoms with van der Waals surface area (Å²) in [4.78, 5) is 8.19. The van der Waals surface area contributed by atoms with Crippen LogP contribution in [0.25, 0.3) is 22.3 Å². The smallest absolute Gasteiger partial charge is 0.222 e. The number of aromatic nitrogens is 4. The molecule has 5 nitrogen and oxygen atoms in total. The molecule has 2 heterocycles. The van der Waals surface area contributed by atoms with Crippen molar-refractivity contribution in [2.75, 3.05) is 5.73 Å². The van der Waals surface area contributed by atoms with Gasteiger partial charge in [-0.2, -0.15) is 10.1 Å². The predicted molar refractivity (Wildman–Crippen MR) is 71.2 cm³/mol. The maximum atomic E-state index is 5.88. The topological polar surface area (TPSA) is 69.6 Å². The normalized spacial score (nSPS) is 11.0. The van der Waals surface area contributed by atoms with Gasteiger partial charge in [0, 0.05) is 23.8 Å². The fourth-order valence-corrected chi connectivity index (χ4v) is 2.00. The van der Waals surface area contributed by atoms with Gasteiger partial charge in [-0.15, -0.1) is 0 Å². The highest BCUT2D eigenvalue weighted by molar-refractivity contribution is 6.30. The van der Waals surface area contributed by atoms with Gasteiger partial charge in [-0.25, -0.2) is 9.67 Å². The van der Waals surface area contributed by atoms with Crippen LogP contribution in [0.2, 0.25) is 5.02 Å². The maximum Gasteiger partial charge on any atom is 0.222 e. The molecule has 3 rings (SSSR count). The van der Waals surface area contributed by atoms with Crippen molar-refractivity contribution in [3.05, 3.63) is 35.5 Å². The molecule has 0 aliphatic heterocycles. The summed E-state index contributed by atoms with van der Waals surface area (Å²) in [5.41, 5.74) is 8.09. The molecule has 6 heteroatoms. The number of nitrogen functional groups attached to an aromatic ring is 1. The van der Waals surface area contributed by atoms with Crippen molar-refractivity contribution in [3.8, 4) is 11.3 Å². The molecular formula is C12H10ClN5. The molecule has 0 bridgehead atoms. The third kappa shape index (κ3) is 1.69. The summed E-state index contributed by atoms with van der Waals surface area (Å²) in [7, 11) is 1.83. The third-order valence-corrected chi connectivity index (χ3v) is 2.97. The average molecular weight is 260 g/mol. The van der Waals surface area contributed by atoms with Crippen LogP contribution in [0, 0.1) is 0 Å². The molecule has 1 aromatic carbocycles. The summed E-state index contributed by atoms with van der Waals surface area (Å²) in [6.45, 7) is 0. The van der Waals surface area contributed by atoms with Crippen molar-refractivity contribution in [2.45, 2.75) is 0 Å². The van der Waals surface area contributed by atoms with Crippen molar-refractivity contribution >= 4 is 28.6 Å². The molecule has 2 N–H and O–H groups in total. The van der Waals surface area contributed by atoms with Gasteiger partial charge in [-0.3, -0.25) is 0 Å². The van der Waals surface area contributed by atoms with E-state index in [1.165, 1.54) is 0 Å². The Morgan fingerprint density at radius 3 is 2.67 bits per heavy atom. The molecular weight excluding hydrogens is 250 g/mol. The molecule has 18 heavy (non-hydrogen) atoms. The molecule has 0 amide bonds. The van der Waals surface area contributed by atoms with Crippen molar-refractivity contribution in [3.63, 3.8) is 0 Å². The number of nitrogens with two attached hydrogens (primary N) is 1. The van der Waals surface area contributed by atoms with Gasteiger partial charge in [-0.1, -0.05) is 23.7 Å². The fraction of sp³-hybridized carbons (Fsp3) is 0.0833. The van der Waals surface area contributed by atoms with E-state index in [9.17, 15) is 0 Å². The Morgan fingerprint density at radius 2 is 1.94 bits per heavy atom. The van der Waals surface area contributed by atoms with E-state index in [-0.39, 0.29) is 5.95 Å². The lowest BCUT2D eigenvalue weighted by molar-refractivity contribution is 0.789. The summed E-state index contributed by atoms with van der Waals surface area (Å²) < 4.78 is 1.69. The molecule has 90 valence electrons. The van der Waals surface area contributed by atoms with E-state index in [1.54, 1.807) is 10.9 Å². The van der Waals surface area contributed by atoms with Gasteiger partial charge in [0.15, 0.2) is 5.65 Å². The number of hydrogen-bond donors (Lipinski definition) is 1. The quantitative estimate of drug-likeness (QED) is 0.728. The lowest BCUT2D eigenvalue weighted by Gasteiger charge is -1.97. The Bertz CT molecular complexity index is 717. The van der Waals surface area contributed by atoms with E-state index < -0.39 is 0 Å². The van der Waals surface area contributed by atoms with Crippen LogP contribution < -0.4 is 5.73 Å². The zero-order valence-electron chi connectivity index (χ0n) is 9.63. The minimum atomic E-state index is 0.244. The Hall–Kier alpha value is -2.14. The second-order valence-corrected chi connectivity index (χ2v) is 4.38. The lowest BCUT2D eigenvalue weighted by atomic mass is 10.1. The van der Waals surface area contributed by atoms with Crippen LogP contribution in [-0.2, 0) is 7.05 Å². The van der Waals surface area contributed by atoms with Gasteiger partial charge < -0.3 is 5.73 Å². The second kappa shape index (κ2) is 3.96. The molecule has 0 fully saturated rings. The van der Waals surface area contributed by atoms with Crippen LogP contribution in [0.15, 0.2) is 30.5 Å². The fourth-order valence-electron chi connectivity index (χ4n) is 1.87. The molecule has 0 aliphatic rings. The summed E-state index contributed by atoms with van der Waals surface area (Å²) in [6, 6.07) is 7.49. The van der Waals surface area contributed by atoms with Gasteiger partial charge in [-0.05, 0) is 12.1 Å². The molecule has 3 aromatic rings. The van der Waals surface area contributed by atoms with Gasteiger partial charge in [0.25, 0.3) is 0 Å². The highest BCUT2D eigenvalue weighted by Crippen LogP contribution is 2.27. The zero-order chi connectivity index (χ0) is 12.7. The highest BCUT2D eigenvalue weighted by Gasteiger charge is 2.12. The van der Waals surface area contributed by atoms with E-state index in [1.807, 2.05) is 31.3 Å². The summed E-state index contributed by atoms with van der Waals surface area (Å²) in [5, 5.41) is 6.01. The monoisotopic (exact) mass is 259 g/mol. The minimum Gasteiger partial charge on any atom is -0.368 e. The Balaban J connectivity index is 2.26. The van der Waals surface area contributed by atoms with Crippen LogP contribution in [0.1, 0.15) is 0 Å². The Morgan fingerprint density at radius 1 is 1.22 bits per heavy atom. The highest BCUT2D eigenvalue weighted by atomic mass is 35.5. The number of nitrogens with zero attached hydrogens (tertiary/aromatic N) is 4.